The van der Waals surface area contributed by atoms with E-state index in [0.717, 1.165) is 10.4 Å². The number of thiophene rings is 1. The molecule has 0 aromatic carbocycles. The van der Waals surface area contributed by atoms with Gasteiger partial charge in [-0.2, -0.15) is 0 Å². The van der Waals surface area contributed by atoms with Gasteiger partial charge in [-0.3, -0.25) is 0 Å². The van der Waals surface area contributed by atoms with Crippen LogP contribution in [0.15, 0.2) is 11.4 Å². The molecule has 0 aliphatic carbocycles. The maximum absolute atomic E-state index is 11.9. The predicted molar refractivity (Wildman–Crippen MR) is 82.7 cm³/mol. The molecule has 0 atom stereocenters. The first-order chi connectivity index (χ1) is 9.31. The molecule has 5 heteroatoms. The van der Waals surface area contributed by atoms with Crippen LogP contribution in [-0.2, 0) is 6.54 Å². The highest BCUT2D eigenvalue weighted by atomic mass is 32.1. The van der Waals surface area contributed by atoms with Crippen molar-refractivity contribution in [2.24, 2.45) is 0 Å². The summed E-state index contributed by atoms with van der Waals surface area (Å²) in [5.74, 6) is 5.89. The summed E-state index contributed by atoms with van der Waals surface area (Å²) in [7, 11) is 1.77. The molecule has 4 nitrogen and oxygen atoms in total. The van der Waals surface area contributed by atoms with Gasteiger partial charge >= 0.3 is 6.03 Å². The lowest BCUT2D eigenvalue weighted by Crippen LogP contribution is -2.46. The fourth-order valence-corrected chi connectivity index (χ4v) is 2.26. The Bertz CT molecular complexity index is 506. The number of nitrogens with zero attached hydrogens (tertiary/aromatic N) is 1. The highest BCUT2D eigenvalue weighted by Gasteiger charge is 2.17. The first kappa shape index (κ1) is 16.5. The molecule has 1 aromatic rings. The van der Waals surface area contributed by atoms with Crippen LogP contribution in [0, 0.1) is 11.8 Å². The van der Waals surface area contributed by atoms with Crippen LogP contribution < -0.4 is 5.32 Å². The maximum atomic E-state index is 11.9. The van der Waals surface area contributed by atoms with Crippen LogP contribution in [0.5, 0.6) is 0 Å². The lowest BCUT2D eigenvalue weighted by Gasteiger charge is -2.25. The molecular formula is C15H22N2O2S. The molecule has 1 aromatic heterocycles. The van der Waals surface area contributed by atoms with E-state index in [1.165, 1.54) is 0 Å². The fourth-order valence-electron chi connectivity index (χ4n) is 1.49. The molecule has 0 aliphatic heterocycles. The Morgan fingerprint density at radius 1 is 1.50 bits per heavy atom. The quantitative estimate of drug-likeness (QED) is 0.841. The molecule has 2 N–H and O–H groups in total. The molecule has 0 saturated heterocycles. The van der Waals surface area contributed by atoms with Gasteiger partial charge < -0.3 is 15.3 Å². The molecule has 0 unspecified atom stereocenters. The molecule has 0 fully saturated rings. The van der Waals surface area contributed by atoms with Crippen molar-refractivity contribution in [2.45, 2.75) is 39.3 Å². The van der Waals surface area contributed by atoms with Crippen LogP contribution in [0.1, 0.15) is 37.6 Å². The highest BCUT2D eigenvalue weighted by Crippen LogP contribution is 2.15. The Balaban J connectivity index is 2.57. The first-order valence-corrected chi connectivity index (χ1v) is 7.40. The van der Waals surface area contributed by atoms with Gasteiger partial charge in [0.1, 0.15) is 0 Å². The van der Waals surface area contributed by atoms with E-state index in [1.54, 1.807) is 23.3 Å². The third-order valence-electron chi connectivity index (χ3n) is 2.35. The van der Waals surface area contributed by atoms with Crippen LogP contribution in [0.3, 0.4) is 0 Å². The molecule has 0 bridgehead atoms. The number of hydrogen-bond donors (Lipinski definition) is 2. The molecule has 1 heterocycles. The van der Waals surface area contributed by atoms with Gasteiger partial charge in [0.15, 0.2) is 0 Å². The molecule has 110 valence electrons. The van der Waals surface area contributed by atoms with Gasteiger partial charge in [0, 0.05) is 25.6 Å². The minimum atomic E-state index is -0.235. The lowest BCUT2D eigenvalue weighted by atomic mass is 10.1. The summed E-state index contributed by atoms with van der Waals surface area (Å²) in [5.41, 5.74) is 0.829. The smallest absolute Gasteiger partial charge is 0.317 e. The summed E-state index contributed by atoms with van der Waals surface area (Å²) >= 11 is 1.55. The zero-order chi connectivity index (χ0) is 15.2. The summed E-state index contributed by atoms with van der Waals surface area (Å²) in [5, 5.41) is 13.6. The van der Waals surface area contributed by atoms with Crippen LogP contribution in [0.2, 0.25) is 0 Å². The third kappa shape index (κ3) is 6.09. The fraction of sp³-hybridized carbons (Fsp3) is 0.533. The number of amides is 2. The summed E-state index contributed by atoms with van der Waals surface area (Å²) in [6.45, 7) is 6.51. The van der Waals surface area contributed by atoms with Gasteiger partial charge in [0.05, 0.1) is 11.5 Å². The van der Waals surface area contributed by atoms with Gasteiger partial charge in [-0.05, 0) is 37.8 Å². The summed E-state index contributed by atoms with van der Waals surface area (Å²) < 4.78 is 0. The van der Waals surface area contributed by atoms with Crippen molar-refractivity contribution < 1.29 is 9.90 Å². The van der Waals surface area contributed by atoms with E-state index in [2.05, 4.69) is 17.2 Å². The predicted octanol–water partition coefficient (Wildman–Crippen LogP) is 2.42. The summed E-state index contributed by atoms with van der Waals surface area (Å²) in [6.07, 6.45) is 0.487. The van der Waals surface area contributed by atoms with Gasteiger partial charge in [0.25, 0.3) is 0 Å². The zero-order valence-electron chi connectivity index (χ0n) is 12.5. The van der Waals surface area contributed by atoms with Gasteiger partial charge in [0.2, 0.25) is 0 Å². The standard InChI is InChI=1S/C15H22N2O2S/c1-15(2,3)16-14(19)17(4)10-12-9-13(20-11-12)7-5-6-8-18/h9,11,18H,6,8,10H2,1-4H3,(H,16,19). The Labute approximate surface area is 124 Å². The monoisotopic (exact) mass is 294 g/mol. The molecule has 0 saturated carbocycles. The number of aliphatic hydroxyl groups excluding tert-OH is 1. The van der Waals surface area contributed by atoms with E-state index in [0.29, 0.717) is 13.0 Å². The number of carbonyl (C=O) groups excluding carboxylic acids is 1. The second-order valence-electron chi connectivity index (χ2n) is 5.63. The van der Waals surface area contributed by atoms with E-state index >= 15 is 0 Å². The molecule has 2 amide bonds. The van der Waals surface area contributed by atoms with E-state index in [-0.39, 0.29) is 18.2 Å². The Morgan fingerprint density at radius 3 is 2.80 bits per heavy atom. The van der Waals surface area contributed by atoms with Crippen LogP contribution in [0.4, 0.5) is 4.79 Å². The average Bonchev–Trinajstić information content (AvgIpc) is 2.75. The zero-order valence-corrected chi connectivity index (χ0v) is 13.3. The second kappa shape index (κ2) is 7.32. The number of aliphatic hydroxyl groups is 1. The van der Waals surface area contributed by atoms with Gasteiger partial charge in [-0.1, -0.05) is 11.8 Å². The van der Waals surface area contributed by atoms with Crippen molar-refractivity contribution in [1.29, 1.82) is 0 Å². The molecule has 0 aliphatic rings. The van der Waals surface area contributed by atoms with Crippen molar-refractivity contribution in [1.82, 2.24) is 10.2 Å². The van der Waals surface area contributed by atoms with Crippen LogP contribution >= 0.6 is 11.3 Å². The largest absolute Gasteiger partial charge is 0.395 e. The Kier molecular flexibility index (Phi) is 6.05. The van der Waals surface area contributed by atoms with Gasteiger partial charge in [-0.15, -0.1) is 11.3 Å². The van der Waals surface area contributed by atoms with Crippen LogP contribution in [0.25, 0.3) is 0 Å². The minimum Gasteiger partial charge on any atom is -0.395 e. The van der Waals surface area contributed by atoms with Crippen molar-refractivity contribution in [3.63, 3.8) is 0 Å². The second-order valence-corrected chi connectivity index (χ2v) is 6.54. The number of nitrogens with one attached hydrogen (secondary N) is 1. The van der Waals surface area contributed by atoms with E-state index in [9.17, 15) is 4.79 Å². The van der Waals surface area contributed by atoms with Crippen molar-refractivity contribution >= 4 is 17.4 Å². The van der Waals surface area contributed by atoms with Crippen molar-refractivity contribution in [2.75, 3.05) is 13.7 Å². The minimum absolute atomic E-state index is 0.0843. The van der Waals surface area contributed by atoms with E-state index in [1.807, 2.05) is 32.2 Å². The maximum Gasteiger partial charge on any atom is 0.317 e. The van der Waals surface area contributed by atoms with Gasteiger partial charge in [-0.25, -0.2) is 4.79 Å². The Morgan fingerprint density at radius 2 is 2.20 bits per heavy atom. The van der Waals surface area contributed by atoms with E-state index < -0.39 is 0 Å². The normalized spacial score (nSPS) is 10.7. The number of carbonyl (C=O) groups is 1. The number of hydrogen-bond acceptors (Lipinski definition) is 3. The molecule has 20 heavy (non-hydrogen) atoms. The lowest BCUT2D eigenvalue weighted by molar-refractivity contribution is 0.197. The molecule has 0 spiro atoms. The van der Waals surface area contributed by atoms with Crippen molar-refractivity contribution in [3.8, 4) is 11.8 Å². The molecule has 1 rings (SSSR count). The molecular weight excluding hydrogens is 272 g/mol. The molecule has 0 radical (unpaired) electrons. The van der Waals surface area contributed by atoms with E-state index in [4.69, 9.17) is 5.11 Å². The number of urea groups is 1. The first-order valence-electron chi connectivity index (χ1n) is 6.52. The summed E-state index contributed by atoms with van der Waals surface area (Å²) in [4.78, 5) is 14.6. The summed E-state index contributed by atoms with van der Waals surface area (Å²) in [6, 6.07) is 1.90. The highest BCUT2D eigenvalue weighted by molar-refractivity contribution is 7.10. The third-order valence-corrected chi connectivity index (χ3v) is 3.24. The van der Waals surface area contributed by atoms with Crippen molar-refractivity contribution in [3.05, 3.63) is 21.9 Å². The topological polar surface area (TPSA) is 52.6 Å². The Hall–Kier alpha value is -1.51. The average molecular weight is 294 g/mol. The number of rotatable bonds is 3. The van der Waals surface area contributed by atoms with Crippen LogP contribution in [-0.4, -0.2) is 35.2 Å². The SMILES string of the molecule is CN(Cc1csc(C#CCCO)c1)C(=O)NC(C)(C)C.